The van der Waals surface area contributed by atoms with E-state index >= 15 is 0 Å². The summed E-state index contributed by atoms with van der Waals surface area (Å²) in [5, 5.41) is 5.40. The predicted molar refractivity (Wildman–Crippen MR) is 74.7 cm³/mol. The Balaban J connectivity index is 1.72. The van der Waals surface area contributed by atoms with Crippen LogP contribution in [-0.4, -0.2) is 33.7 Å². The maximum absolute atomic E-state index is 12.3. The van der Waals surface area contributed by atoms with Crippen LogP contribution in [0.15, 0.2) is 30.5 Å². The average molecular weight is 257 g/mol. The lowest BCUT2D eigenvalue weighted by molar-refractivity contribution is -0.133. The van der Waals surface area contributed by atoms with Gasteiger partial charge in [0, 0.05) is 18.5 Å². The molecule has 1 saturated heterocycles. The lowest BCUT2D eigenvalue weighted by atomic mass is 9.99. The fourth-order valence-electron chi connectivity index (χ4n) is 2.64. The van der Waals surface area contributed by atoms with Crippen molar-refractivity contribution in [2.75, 3.05) is 13.1 Å². The molecule has 0 atom stereocenters. The molecular weight excluding hydrogens is 238 g/mol. The number of benzene rings is 1. The normalized spacial score (nSPS) is 17.0. The van der Waals surface area contributed by atoms with Crippen LogP contribution in [0.1, 0.15) is 19.8 Å². The molecule has 0 spiro atoms. The number of hydrogen-bond acceptors (Lipinski definition) is 2. The summed E-state index contributed by atoms with van der Waals surface area (Å²) in [7, 11) is 0. The van der Waals surface area contributed by atoms with Crippen molar-refractivity contribution in [3.63, 3.8) is 0 Å². The third-order valence-corrected chi connectivity index (χ3v) is 3.97. The third-order valence-electron chi connectivity index (χ3n) is 3.97. The van der Waals surface area contributed by atoms with Gasteiger partial charge in [-0.05, 0) is 24.8 Å². The fourth-order valence-corrected chi connectivity index (χ4v) is 2.64. The highest BCUT2D eigenvalue weighted by Crippen LogP contribution is 2.17. The molecule has 19 heavy (non-hydrogen) atoms. The second-order valence-corrected chi connectivity index (χ2v) is 5.42. The van der Waals surface area contributed by atoms with Gasteiger partial charge < -0.3 is 4.90 Å². The highest BCUT2D eigenvalue weighted by molar-refractivity contribution is 5.82. The summed E-state index contributed by atoms with van der Waals surface area (Å²) in [5.41, 5.74) is 1.03. The van der Waals surface area contributed by atoms with Crippen molar-refractivity contribution in [3.8, 4) is 0 Å². The first kappa shape index (κ1) is 12.2. The van der Waals surface area contributed by atoms with Crippen LogP contribution in [0.25, 0.3) is 10.9 Å². The van der Waals surface area contributed by atoms with Gasteiger partial charge in [-0.25, -0.2) is 0 Å². The Labute approximate surface area is 113 Å². The Morgan fingerprint density at radius 2 is 2.05 bits per heavy atom. The van der Waals surface area contributed by atoms with Crippen LogP contribution >= 0.6 is 0 Å². The molecule has 0 bridgehead atoms. The quantitative estimate of drug-likeness (QED) is 0.828. The second-order valence-electron chi connectivity index (χ2n) is 5.42. The smallest absolute Gasteiger partial charge is 0.244 e. The van der Waals surface area contributed by atoms with E-state index in [4.69, 9.17) is 0 Å². The zero-order valence-electron chi connectivity index (χ0n) is 11.2. The van der Waals surface area contributed by atoms with Crippen LogP contribution in [-0.2, 0) is 11.3 Å². The number of nitrogens with zero attached hydrogens (tertiary/aromatic N) is 3. The van der Waals surface area contributed by atoms with E-state index in [1.807, 2.05) is 35.4 Å². The average Bonchev–Trinajstić information content (AvgIpc) is 2.83. The fraction of sp³-hybridized carbons (Fsp3) is 0.467. The minimum Gasteiger partial charge on any atom is -0.341 e. The van der Waals surface area contributed by atoms with E-state index in [0.717, 1.165) is 42.8 Å². The van der Waals surface area contributed by atoms with Gasteiger partial charge >= 0.3 is 0 Å². The van der Waals surface area contributed by atoms with Crippen LogP contribution < -0.4 is 0 Å². The van der Waals surface area contributed by atoms with Gasteiger partial charge in [-0.3, -0.25) is 9.48 Å². The molecule has 3 rings (SSSR count). The zero-order chi connectivity index (χ0) is 13.2. The molecule has 1 aliphatic heterocycles. The second kappa shape index (κ2) is 5.03. The van der Waals surface area contributed by atoms with Crippen molar-refractivity contribution in [2.24, 2.45) is 5.92 Å². The number of rotatable bonds is 2. The first-order valence-electron chi connectivity index (χ1n) is 6.92. The molecule has 1 aliphatic rings. The highest BCUT2D eigenvalue weighted by atomic mass is 16.2. The van der Waals surface area contributed by atoms with Crippen molar-refractivity contribution < 1.29 is 4.79 Å². The molecule has 2 heterocycles. The van der Waals surface area contributed by atoms with Crippen LogP contribution in [0, 0.1) is 5.92 Å². The van der Waals surface area contributed by atoms with Crippen molar-refractivity contribution in [2.45, 2.75) is 26.3 Å². The van der Waals surface area contributed by atoms with Gasteiger partial charge in [0.25, 0.3) is 0 Å². The Hall–Kier alpha value is -1.84. The van der Waals surface area contributed by atoms with Crippen LogP contribution in [0.5, 0.6) is 0 Å². The number of carbonyl (C=O) groups is 1. The molecule has 0 radical (unpaired) electrons. The maximum Gasteiger partial charge on any atom is 0.244 e. The molecule has 1 amide bonds. The highest BCUT2D eigenvalue weighted by Gasteiger charge is 2.20. The van der Waals surface area contributed by atoms with Crippen molar-refractivity contribution in [1.82, 2.24) is 14.7 Å². The van der Waals surface area contributed by atoms with Crippen molar-refractivity contribution in [1.29, 1.82) is 0 Å². The van der Waals surface area contributed by atoms with Gasteiger partial charge in [-0.2, -0.15) is 5.10 Å². The molecule has 4 heteroatoms. The molecule has 100 valence electrons. The number of amides is 1. The monoisotopic (exact) mass is 257 g/mol. The van der Waals surface area contributed by atoms with E-state index in [1.165, 1.54) is 0 Å². The Kier molecular flexibility index (Phi) is 3.23. The Morgan fingerprint density at radius 1 is 1.32 bits per heavy atom. The summed E-state index contributed by atoms with van der Waals surface area (Å²) < 4.78 is 1.80. The molecule has 0 aliphatic carbocycles. The van der Waals surface area contributed by atoms with E-state index in [2.05, 4.69) is 12.0 Å². The predicted octanol–water partition coefficient (Wildman–Crippen LogP) is 2.29. The van der Waals surface area contributed by atoms with E-state index in [0.29, 0.717) is 6.54 Å². The number of likely N-dealkylation sites (tertiary alicyclic amines) is 1. The zero-order valence-corrected chi connectivity index (χ0v) is 11.2. The minimum atomic E-state index is 0.181. The van der Waals surface area contributed by atoms with Gasteiger partial charge in [0.1, 0.15) is 6.54 Å². The van der Waals surface area contributed by atoms with Gasteiger partial charge in [-0.15, -0.1) is 0 Å². The number of aromatic nitrogens is 2. The first-order chi connectivity index (χ1) is 9.24. The van der Waals surface area contributed by atoms with Crippen LogP contribution in [0.3, 0.4) is 0 Å². The number of para-hydroxylation sites is 1. The van der Waals surface area contributed by atoms with Crippen LogP contribution in [0.4, 0.5) is 0 Å². The van der Waals surface area contributed by atoms with Gasteiger partial charge in [0.2, 0.25) is 5.91 Å². The molecule has 0 saturated carbocycles. The summed E-state index contributed by atoms with van der Waals surface area (Å²) in [6, 6.07) is 8.00. The Bertz CT molecular complexity index is 582. The van der Waals surface area contributed by atoms with Gasteiger partial charge in [-0.1, -0.05) is 25.1 Å². The van der Waals surface area contributed by atoms with Crippen molar-refractivity contribution in [3.05, 3.63) is 30.5 Å². The summed E-state index contributed by atoms with van der Waals surface area (Å²) in [4.78, 5) is 14.2. The standard InChI is InChI=1S/C15H19N3O/c1-12-6-8-17(9-7-12)15(19)11-18-14-5-3-2-4-13(14)10-16-18/h2-5,10,12H,6-9,11H2,1H3. The van der Waals surface area contributed by atoms with Crippen LogP contribution in [0.2, 0.25) is 0 Å². The van der Waals surface area contributed by atoms with E-state index < -0.39 is 0 Å². The van der Waals surface area contributed by atoms with E-state index in [1.54, 1.807) is 4.68 Å². The van der Waals surface area contributed by atoms with Gasteiger partial charge in [0.15, 0.2) is 0 Å². The molecule has 0 unspecified atom stereocenters. The topological polar surface area (TPSA) is 38.1 Å². The lowest BCUT2D eigenvalue weighted by Gasteiger charge is -2.30. The Morgan fingerprint density at radius 3 is 2.84 bits per heavy atom. The van der Waals surface area contributed by atoms with Gasteiger partial charge in [0.05, 0.1) is 11.7 Å². The molecular formula is C15H19N3O. The largest absolute Gasteiger partial charge is 0.341 e. The summed E-state index contributed by atoms with van der Waals surface area (Å²) in [6.45, 7) is 4.38. The number of hydrogen-bond donors (Lipinski definition) is 0. The molecule has 1 fully saturated rings. The summed E-state index contributed by atoms with van der Waals surface area (Å²) in [5.74, 6) is 0.926. The number of carbonyl (C=O) groups excluding carboxylic acids is 1. The first-order valence-corrected chi connectivity index (χ1v) is 6.92. The maximum atomic E-state index is 12.3. The SMILES string of the molecule is CC1CCN(C(=O)Cn2ncc3ccccc32)CC1. The van der Waals surface area contributed by atoms with E-state index in [-0.39, 0.29) is 5.91 Å². The number of fused-ring (bicyclic) bond motifs is 1. The molecule has 0 N–H and O–H groups in total. The third kappa shape index (κ3) is 2.48. The molecule has 1 aromatic heterocycles. The van der Waals surface area contributed by atoms with Crippen molar-refractivity contribution >= 4 is 16.8 Å². The summed E-state index contributed by atoms with van der Waals surface area (Å²) in [6.07, 6.45) is 4.05. The molecule has 1 aromatic carbocycles. The summed E-state index contributed by atoms with van der Waals surface area (Å²) >= 11 is 0. The lowest BCUT2D eigenvalue weighted by Crippen LogP contribution is -2.39. The van der Waals surface area contributed by atoms with E-state index in [9.17, 15) is 4.79 Å². The minimum absolute atomic E-state index is 0.181. The number of piperidine rings is 1. The molecule has 4 nitrogen and oxygen atoms in total. The molecule has 2 aromatic rings.